The van der Waals surface area contributed by atoms with E-state index in [9.17, 15) is 4.91 Å². The minimum Gasteiger partial charge on any atom is -0.265 e. The largest absolute Gasteiger partial charge is 0.265 e. The zero-order chi connectivity index (χ0) is 13.4. The van der Waals surface area contributed by atoms with Crippen LogP contribution in [0, 0.1) is 4.91 Å². The summed E-state index contributed by atoms with van der Waals surface area (Å²) >= 11 is 12.1. The monoisotopic (exact) mass is 292 g/mol. The normalized spacial score (nSPS) is 10.8. The van der Waals surface area contributed by atoms with E-state index in [4.69, 9.17) is 23.2 Å². The van der Waals surface area contributed by atoms with Gasteiger partial charge in [0.1, 0.15) is 5.69 Å². The topological polar surface area (TPSA) is 59.6 Å². The van der Waals surface area contributed by atoms with Gasteiger partial charge in [-0.3, -0.25) is 4.40 Å². The summed E-state index contributed by atoms with van der Waals surface area (Å²) in [5.41, 5.74) is 0.912. The summed E-state index contributed by atoms with van der Waals surface area (Å²) in [6.45, 7) is 0. The summed E-state index contributed by atoms with van der Waals surface area (Å²) in [6.07, 6.45) is 3.24. The molecular formula is C12H6Cl2N4O. The van der Waals surface area contributed by atoms with Gasteiger partial charge in [-0.1, -0.05) is 23.2 Å². The van der Waals surface area contributed by atoms with Gasteiger partial charge in [0.15, 0.2) is 0 Å². The molecule has 0 aliphatic heterocycles. The second kappa shape index (κ2) is 4.60. The number of hydrogen-bond acceptors (Lipinski definition) is 4. The van der Waals surface area contributed by atoms with Crippen LogP contribution in [0.4, 0.5) is 5.82 Å². The Morgan fingerprint density at radius 3 is 2.89 bits per heavy atom. The first-order valence-electron chi connectivity index (χ1n) is 5.32. The lowest BCUT2D eigenvalue weighted by molar-refractivity contribution is 1.10. The number of halogens is 2. The fraction of sp³-hybridized carbons (Fsp3) is 0. The minimum atomic E-state index is 0.146. The second-order valence-corrected chi connectivity index (χ2v) is 4.63. The average Bonchev–Trinajstić information content (AvgIpc) is 2.79. The Morgan fingerprint density at radius 1 is 1.26 bits per heavy atom. The minimum absolute atomic E-state index is 0.146. The molecule has 2 heterocycles. The Balaban J connectivity index is 2.36. The van der Waals surface area contributed by atoms with Crippen LogP contribution in [0.2, 0.25) is 10.0 Å². The zero-order valence-electron chi connectivity index (χ0n) is 9.42. The molecule has 0 radical (unpaired) electrons. The van der Waals surface area contributed by atoms with Gasteiger partial charge in [0.25, 0.3) is 0 Å². The molecular weight excluding hydrogens is 287 g/mol. The Hall–Kier alpha value is -1.98. The van der Waals surface area contributed by atoms with Gasteiger partial charge in [0, 0.05) is 23.0 Å². The van der Waals surface area contributed by atoms with Crippen molar-refractivity contribution in [1.82, 2.24) is 14.4 Å². The third-order valence-electron chi connectivity index (χ3n) is 2.65. The first kappa shape index (κ1) is 12.1. The van der Waals surface area contributed by atoms with E-state index >= 15 is 0 Å². The van der Waals surface area contributed by atoms with Gasteiger partial charge in [-0.15, -0.1) is 4.91 Å². The lowest BCUT2D eigenvalue weighted by atomic mass is 10.1. The van der Waals surface area contributed by atoms with E-state index in [0.717, 1.165) is 0 Å². The third-order valence-corrected chi connectivity index (χ3v) is 3.21. The maximum atomic E-state index is 11.1. The lowest BCUT2D eigenvalue weighted by Crippen LogP contribution is -1.84. The van der Waals surface area contributed by atoms with Gasteiger partial charge in [-0.05, 0) is 29.4 Å². The van der Waals surface area contributed by atoms with Gasteiger partial charge in [0.2, 0.25) is 11.6 Å². The fourth-order valence-electron chi connectivity index (χ4n) is 1.82. The molecule has 0 saturated heterocycles. The van der Waals surface area contributed by atoms with Crippen molar-refractivity contribution in [3.05, 3.63) is 51.6 Å². The van der Waals surface area contributed by atoms with Crippen molar-refractivity contribution >= 4 is 34.8 Å². The van der Waals surface area contributed by atoms with Crippen molar-refractivity contribution in [2.45, 2.75) is 0 Å². The van der Waals surface area contributed by atoms with Crippen molar-refractivity contribution in [3.63, 3.8) is 0 Å². The van der Waals surface area contributed by atoms with Crippen molar-refractivity contribution in [1.29, 1.82) is 0 Å². The average molecular weight is 293 g/mol. The molecule has 0 aliphatic carbocycles. The quantitative estimate of drug-likeness (QED) is 0.668. The highest BCUT2D eigenvalue weighted by Crippen LogP contribution is 2.36. The number of nitrogens with zero attached hydrogens (tertiary/aromatic N) is 4. The summed E-state index contributed by atoms with van der Waals surface area (Å²) in [5, 5.41) is 3.96. The number of hydrogen-bond donors (Lipinski definition) is 0. The van der Waals surface area contributed by atoms with Crippen LogP contribution in [0.3, 0.4) is 0 Å². The number of imidazole rings is 1. The van der Waals surface area contributed by atoms with Gasteiger partial charge in [0.05, 0.1) is 5.02 Å². The van der Waals surface area contributed by atoms with Crippen LogP contribution in [0.1, 0.15) is 0 Å². The first-order chi connectivity index (χ1) is 9.20. The molecule has 0 saturated carbocycles. The molecule has 0 aliphatic rings. The molecule has 3 aromatic rings. The highest BCUT2D eigenvalue weighted by atomic mass is 35.5. The molecule has 2 aromatic heterocycles. The first-order valence-corrected chi connectivity index (χ1v) is 6.08. The van der Waals surface area contributed by atoms with E-state index in [-0.39, 0.29) is 5.82 Å². The highest BCUT2D eigenvalue weighted by Gasteiger charge is 2.17. The number of aromatic nitrogens is 3. The van der Waals surface area contributed by atoms with Crippen molar-refractivity contribution in [2.24, 2.45) is 5.18 Å². The van der Waals surface area contributed by atoms with Crippen molar-refractivity contribution in [3.8, 4) is 11.3 Å². The zero-order valence-corrected chi connectivity index (χ0v) is 10.9. The van der Waals surface area contributed by atoms with Crippen LogP contribution in [-0.4, -0.2) is 14.4 Å². The lowest BCUT2D eigenvalue weighted by Gasteiger charge is -2.01. The molecule has 0 fully saturated rings. The van der Waals surface area contributed by atoms with Crippen LogP contribution in [-0.2, 0) is 0 Å². The number of nitroso groups, excluding NO2 is 1. The molecule has 0 spiro atoms. The predicted octanol–water partition coefficient (Wildman–Crippen LogP) is 4.10. The Kier molecular flexibility index (Phi) is 2.93. The van der Waals surface area contributed by atoms with Crippen molar-refractivity contribution < 1.29 is 0 Å². The molecule has 5 nitrogen and oxygen atoms in total. The number of fused-ring (bicyclic) bond motifs is 1. The van der Waals surface area contributed by atoms with Crippen molar-refractivity contribution in [2.75, 3.05) is 0 Å². The van der Waals surface area contributed by atoms with Gasteiger partial charge < -0.3 is 0 Å². The Bertz CT molecular complexity index is 784. The second-order valence-electron chi connectivity index (χ2n) is 3.79. The number of rotatable bonds is 2. The maximum absolute atomic E-state index is 11.1. The van der Waals surface area contributed by atoms with E-state index in [1.54, 1.807) is 36.7 Å². The van der Waals surface area contributed by atoms with Crippen LogP contribution in [0.25, 0.3) is 17.0 Å². The Morgan fingerprint density at radius 2 is 2.11 bits per heavy atom. The fourth-order valence-corrected chi connectivity index (χ4v) is 2.20. The van der Waals surface area contributed by atoms with Gasteiger partial charge in [-0.2, -0.15) is 0 Å². The standard InChI is InChI=1S/C12H6Cl2N4O/c13-7-2-3-9(14)8(6-7)10-11(17-19)18-5-1-4-15-12(18)16-10/h1-6H. The molecule has 94 valence electrons. The molecule has 0 amide bonds. The predicted molar refractivity (Wildman–Crippen MR) is 73.9 cm³/mol. The maximum Gasteiger partial charge on any atom is 0.236 e. The summed E-state index contributed by atoms with van der Waals surface area (Å²) in [5.74, 6) is 0.524. The SMILES string of the molecule is O=Nc1c(-c2cc(Cl)ccc2Cl)nc2ncccn12. The van der Waals surface area contributed by atoms with Crippen LogP contribution in [0.15, 0.2) is 41.8 Å². The molecule has 3 rings (SSSR count). The molecule has 7 heteroatoms. The molecule has 19 heavy (non-hydrogen) atoms. The summed E-state index contributed by atoms with van der Waals surface area (Å²) < 4.78 is 1.50. The molecule has 1 aromatic carbocycles. The smallest absolute Gasteiger partial charge is 0.236 e. The molecule has 0 atom stereocenters. The number of benzene rings is 1. The molecule has 0 N–H and O–H groups in total. The van der Waals surface area contributed by atoms with E-state index < -0.39 is 0 Å². The van der Waals surface area contributed by atoms with E-state index in [0.29, 0.717) is 27.1 Å². The van der Waals surface area contributed by atoms with E-state index in [1.807, 2.05) is 0 Å². The van der Waals surface area contributed by atoms with E-state index in [1.165, 1.54) is 4.40 Å². The Labute approximate surface area is 117 Å². The third kappa shape index (κ3) is 1.97. The van der Waals surface area contributed by atoms with Crippen LogP contribution >= 0.6 is 23.2 Å². The van der Waals surface area contributed by atoms with Gasteiger partial charge in [-0.25, -0.2) is 9.97 Å². The van der Waals surface area contributed by atoms with Crippen LogP contribution in [0.5, 0.6) is 0 Å². The summed E-state index contributed by atoms with van der Waals surface area (Å²) in [7, 11) is 0. The van der Waals surface area contributed by atoms with Gasteiger partial charge >= 0.3 is 0 Å². The highest BCUT2D eigenvalue weighted by molar-refractivity contribution is 6.35. The summed E-state index contributed by atoms with van der Waals surface area (Å²) in [4.78, 5) is 19.4. The molecule has 0 bridgehead atoms. The van der Waals surface area contributed by atoms with Crippen LogP contribution < -0.4 is 0 Å². The van der Waals surface area contributed by atoms with E-state index in [2.05, 4.69) is 15.1 Å². The summed E-state index contributed by atoms with van der Waals surface area (Å²) in [6, 6.07) is 6.63. The molecule has 0 unspecified atom stereocenters.